The van der Waals surface area contributed by atoms with Gasteiger partial charge in [0.05, 0.1) is 28.7 Å². The van der Waals surface area contributed by atoms with Gasteiger partial charge in [-0.1, -0.05) is 24.0 Å². The van der Waals surface area contributed by atoms with Crippen LogP contribution in [0, 0.1) is 0 Å². The average Bonchev–Trinajstić information content (AvgIpc) is 3.43. The zero-order chi connectivity index (χ0) is 22.9. The van der Waals surface area contributed by atoms with Gasteiger partial charge in [-0.05, 0) is 30.7 Å². The van der Waals surface area contributed by atoms with E-state index in [0.29, 0.717) is 26.3 Å². The minimum atomic E-state index is -4.49. The molecule has 0 atom stereocenters. The third kappa shape index (κ3) is 5.25. The number of morpholine rings is 1. The summed E-state index contributed by atoms with van der Waals surface area (Å²) in [5, 5.41) is 3.56. The van der Waals surface area contributed by atoms with Gasteiger partial charge in [-0.15, -0.1) is 11.3 Å². The number of alkyl halides is 3. The third-order valence-electron chi connectivity index (χ3n) is 5.16. The molecule has 4 rings (SSSR count). The number of hydrogen-bond acceptors (Lipinski definition) is 7. The molecule has 2 aliphatic rings. The number of thiocarbonyl (C=S) groups is 1. The highest BCUT2D eigenvalue weighted by atomic mass is 32.2. The first-order chi connectivity index (χ1) is 15.2. The van der Waals surface area contributed by atoms with Crippen LogP contribution in [-0.2, 0) is 22.8 Å². The number of halogens is 3. The lowest BCUT2D eigenvalue weighted by atomic mass is 10.3. The van der Waals surface area contributed by atoms with Crippen LogP contribution >= 0.6 is 35.3 Å². The number of aryl methyl sites for hydroxylation is 1. The number of carbonyl (C=O) groups excluding carboxylic acids is 1. The van der Waals surface area contributed by atoms with E-state index in [0.717, 1.165) is 50.2 Å². The van der Waals surface area contributed by atoms with Crippen LogP contribution < -0.4 is 0 Å². The first kappa shape index (κ1) is 23.4. The third-order valence-corrected chi connectivity index (χ3v) is 7.59. The summed E-state index contributed by atoms with van der Waals surface area (Å²) >= 11 is 7.95. The van der Waals surface area contributed by atoms with Crippen LogP contribution in [0.4, 0.5) is 13.2 Å². The fourth-order valence-corrected chi connectivity index (χ4v) is 5.88. The van der Waals surface area contributed by atoms with E-state index in [1.54, 1.807) is 23.1 Å². The van der Waals surface area contributed by atoms with Gasteiger partial charge in [0.15, 0.2) is 5.69 Å². The molecule has 0 aliphatic carbocycles. The van der Waals surface area contributed by atoms with Crippen molar-refractivity contribution < 1.29 is 22.7 Å². The van der Waals surface area contributed by atoms with Gasteiger partial charge in [0.2, 0.25) is 0 Å². The molecule has 0 unspecified atom stereocenters. The Labute approximate surface area is 197 Å². The Morgan fingerprint density at radius 3 is 2.69 bits per heavy atom. The Bertz CT molecular complexity index is 1040. The van der Waals surface area contributed by atoms with Crippen LogP contribution in [-0.4, -0.2) is 69.2 Å². The molecule has 2 aromatic rings. The van der Waals surface area contributed by atoms with Crippen LogP contribution in [0.5, 0.6) is 0 Å². The zero-order valence-corrected chi connectivity index (χ0v) is 19.7. The molecule has 0 N–H and O–H groups in total. The quantitative estimate of drug-likeness (QED) is 0.438. The van der Waals surface area contributed by atoms with Crippen LogP contribution in [0.2, 0.25) is 0 Å². The summed E-state index contributed by atoms with van der Waals surface area (Å²) in [6.45, 7) is 4.73. The largest absolute Gasteiger partial charge is 0.435 e. The lowest BCUT2D eigenvalue weighted by Gasteiger charge is -2.27. The van der Waals surface area contributed by atoms with Gasteiger partial charge in [-0.3, -0.25) is 19.3 Å². The summed E-state index contributed by atoms with van der Waals surface area (Å²) in [6, 6.07) is 4.55. The van der Waals surface area contributed by atoms with Crippen LogP contribution in [0.25, 0.3) is 16.6 Å². The van der Waals surface area contributed by atoms with E-state index in [1.165, 1.54) is 34.8 Å². The Morgan fingerprint density at radius 1 is 1.25 bits per heavy atom. The van der Waals surface area contributed by atoms with Crippen LogP contribution in [0.1, 0.15) is 17.0 Å². The van der Waals surface area contributed by atoms with Crippen molar-refractivity contribution in [3.05, 3.63) is 33.7 Å². The van der Waals surface area contributed by atoms with Crippen LogP contribution in [0.3, 0.4) is 0 Å². The average molecular weight is 503 g/mol. The highest BCUT2D eigenvalue weighted by Crippen LogP contribution is 2.37. The number of thioether (sulfide) groups is 1. The van der Waals surface area contributed by atoms with Gasteiger partial charge in [0.25, 0.3) is 5.91 Å². The van der Waals surface area contributed by atoms with Gasteiger partial charge in [-0.2, -0.15) is 18.3 Å². The normalized spacial score (nSPS) is 19.5. The maximum atomic E-state index is 12.9. The van der Waals surface area contributed by atoms with Gasteiger partial charge in [0.1, 0.15) is 4.32 Å². The van der Waals surface area contributed by atoms with Crippen molar-refractivity contribution in [3.63, 3.8) is 0 Å². The summed E-state index contributed by atoms with van der Waals surface area (Å²) in [5.74, 6) is -0.128. The summed E-state index contributed by atoms with van der Waals surface area (Å²) in [6.07, 6.45) is -1.92. The molecular formula is C20H21F3N4O2S3. The lowest BCUT2D eigenvalue weighted by molar-refractivity contribution is -0.141. The Kier molecular flexibility index (Phi) is 7.06. The van der Waals surface area contributed by atoms with E-state index in [9.17, 15) is 18.0 Å². The molecule has 2 saturated heterocycles. The molecule has 0 bridgehead atoms. The monoisotopic (exact) mass is 502 g/mol. The molecule has 0 spiro atoms. The number of nitrogens with zero attached hydrogens (tertiary/aromatic N) is 4. The van der Waals surface area contributed by atoms with Gasteiger partial charge in [0, 0.05) is 38.1 Å². The van der Waals surface area contributed by atoms with Crippen molar-refractivity contribution in [2.75, 3.05) is 39.4 Å². The van der Waals surface area contributed by atoms with E-state index < -0.39 is 11.9 Å². The zero-order valence-electron chi connectivity index (χ0n) is 17.2. The Balaban J connectivity index is 1.41. The standard InChI is InChI=1S/C20H21F3N4O2S3/c1-25-14(12-17(24-25)20(21,22)23)15-4-3-13(31-15)11-16-18(28)27(19(30)32-16)6-2-5-26-7-9-29-10-8-26/h3-4,11-12H,2,5-10H2,1H3/b16-11-. The highest BCUT2D eigenvalue weighted by molar-refractivity contribution is 8.26. The predicted octanol–water partition coefficient (Wildman–Crippen LogP) is 4.09. The first-order valence-corrected chi connectivity index (χ1v) is 12.0. The Hall–Kier alpha value is -1.73. The van der Waals surface area contributed by atoms with Crippen molar-refractivity contribution in [1.29, 1.82) is 0 Å². The molecule has 0 saturated carbocycles. The summed E-state index contributed by atoms with van der Waals surface area (Å²) in [5.41, 5.74) is -0.555. The van der Waals surface area contributed by atoms with Gasteiger partial charge >= 0.3 is 6.18 Å². The highest BCUT2D eigenvalue weighted by Gasteiger charge is 2.35. The second-order valence-electron chi connectivity index (χ2n) is 7.38. The Morgan fingerprint density at radius 2 is 2.00 bits per heavy atom. The summed E-state index contributed by atoms with van der Waals surface area (Å²) in [7, 11) is 1.48. The number of aromatic nitrogens is 2. The van der Waals surface area contributed by atoms with Crippen molar-refractivity contribution in [2.24, 2.45) is 7.05 Å². The van der Waals surface area contributed by atoms with Gasteiger partial charge < -0.3 is 4.74 Å². The maximum Gasteiger partial charge on any atom is 0.435 e. The first-order valence-electron chi connectivity index (χ1n) is 9.99. The van der Waals surface area contributed by atoms with Gasteiger partial charge in [-0.25, -0.2) is 0 Å². The second-order valence-corrected chi connectivity index (χ2v) is 10.2. The molecule has 0 aromatic carbocycles. The van der Waals surface area contributed by atoms with Crippen LogP contribution in [0.15, 0.2) is 23.1 Å². The molecule has 12 heteroatoms. The van der Waals surface area contributed by atoms with Crippen molar-refractivity contribution >= 4 is 51.6 Å². The molecule has 1 amide bonds. The van der Waals surface area contributed by atoms with Crippen molar-refractivity contribution in [1.82, 2.24) is 19.6 Å². The molecule has 6 nitrogen and oxygen atoms in total. The van der Waals surface area contributed by atoms with E-state index >= 15 is 0 Å². The number of amides is 1. The number of thiophene rings is 1. The topological polar surface area (TPSA) is 50.6 Å². The maximum absolute atomic E-state index is 12.9. The fraction of sp³-hybridized carbons (Fsp3) is 0.450. The van der Waals surface area contributed by atoms with Crippen molar-refractivity contribution in [3.8, 4) is 10.6 Å². The molecule has 32 heavy (non-hydrogen) atoms. The fourth-order valence-electron chi connectivity index (χ4n) is 3.50. The SMILES string of the molecule is Cn1nc(C(F)(F)F)cc1-c1ccc(/C=C2\SC(=S)N(CCCN3CCOCC3)C2=O)s1. The summed E-state index contributed by atoms with van der Waals surface area (Å²) < 4.78 is 45.9. The molecule has 2 aromatic heterocycles. The minimum Gasteiger partial charge on any atom is -0.379 e. The lowest BCUT2D eigenvalue weighted by Crippen LogP contribution is -2.38. The molecule has 0 radical (unpaired) electrons. The van der Waals surface area contributed by atoms with E-state index in [2.05, 4.69) is 10.00 Å². The molecule has 172 valence electrons. The number of carbonyl (C=O) groups is 1. The number of rotatable bonds is 6. The number of hydrogen-bond donors (Lipinski definition) is 0. The molecule has 2 fully saturated rings. The van der Waals surface area contributed by atoms with Crippen molar-refractivity contribution in [2.45, 2.75) is 12.6 Å². The molecular weight excluding hydrogens is 481 g/mol. The second kappa shape index (κ2) is 9.64. The van der Waals surface area contributed by atoms with E-state index in [1.807, 2.05) is 0 Å². The predicted molar refractivity (Wildman–Crippen MR) is 123 cm³/mol. The number of ether oxygens (including phenoxy) is 1. The summed E-state index contributed by atoms with van der Waals surface area (Å²) in [4.78, 5) is 18.7. The smallest absolute Gasteiger partial charge is 0.379 e. The van der Waals surface area contributed by atoms with E-state index in [-0.39, 0.29) is 5.91 Å². The molecule has 2 aliphatic heterocycles. The minimum absolute atomic E-state index is 0.128. The molecule has 4 heterocycles. The van der Waals surface area contributed by atoms with E-state index in [4.69, 9.17) is 17.0 Å².